The Balaban J connectivity index is 0. The molecule has 0 amide bonds. The van der Waals surface area contributed by atoms with E-state index in [0.717, 1.165) is 51.4 Å². The third-order valence-electron chi connectivity index (χ3n) is 5.12. The maximum atomic E-state index is 8.72. The molecular weight excluding hydrogens is 392 g/mol. The Bertz CT molecular complexity index is 588. The topological polar surface area (TPSA) is 40.5 Å². The van der Waals surface area contributed by atoms with Gasteiger partial charge in [0, 0.05) is 0 Å². The number of aliphatic hydroxyl groups is 2. The third kappa shape index (κ3) is 26.4. The van der Waals surface area contributed by atoms with E-state index in [1.165, 1.54) is 33.4 Å². The van der Waals surface area contributed by atoms with Gasteiger partial charge in [-0.1, -0.05) is 69.9 Å². The summed E-state index contributed by atoms with van der Waals surface area (Å²) in [6, 6.07) is 0. The minimum atomic E-state index is 0.162. The second-order valence-electron chi connectivity index (χ2n) is 9.28. The normalized spacial score (nSPS) is 12.8. The highest BCUT2D eigenvalue weighted by Gasteiger charge is 1.92. The molecule has 0 aromatic carbocycles. The molecule has 2 N–H and O–H groups in total. The van der Waals surface area contributed by atoms with Crippen LogP contribution in [0.15, 0.2) is 69.9 Å². The van der Waals surface area contributed by atoms with Gasteiger partial charge in [0.25, 0.3) is 0 Å². The lowest BCUT2D eigenvalue weighted by Crippen LogP contribution is -1.82. The second-order valence-corrected chi connectivity index (χ2v) is 9.28. The van der Waals surface area contributed by atoms with Gasteiger partial charge in [0.1, 0.15) is 0 Å². The summed E-state index contributed by atoms with van der Waals surface area (Å²) in [6.07, 6.45) is 21.9. The summed E-state index contributed by atoms with van der Waals surface area (Å²) in [5.74, 6) is 0. The van der Waals surface area contributed by atoms with Crippen LogP contribution >= 0.6 is 0 Å². The first-order valence-corrected chi connectivity index (χ1v) is 12.2. The predicted molar refractivity (Wildman–Crippen MR) is 145 cm³/mol. The largest absolute Gasteiger partial charge is 0.392 e. The highest BCUT2D eigenvalue weighted by atomic mass is 16.3. The number of aliphatic hydroxyl groups excluding tert-OH is 2. The van der Waals surface area contributed by atoms with Crippen molar-refractivity contribution >= 4 is 0 Å². The molecule has 0 aliphatic heterocycles. The van der Waals surface area contributed by atoms with Gasteiger partial charge in [-0.2, -0.15) is 0 Å². The quantitative estimate of drug-likeness (QED) is 0.263. The average molecular weight is 445 g/mol. The van der Waals surface area contributed by atoms with Crippen LogP contribution in [0.5, 0.6) is 0 Å². The highest BCUT2D eigenvalue weighted by Crippen LogP contribution is 2.12. The van der Waals surface area contributed by atoms with E-state index in [4.69, 9.17) is 10.2 Å². The number of hydrogen-bond donors (Lipinski definition) is 2. The summed E-state index contributed by atoms with van der Waals surface area (Å²) in [5.41, 5.74) is 8.28. The third-order valence-corrected chi connectivity index (χ3v) is 5.12. The van der Waals surface area contributed by atoms with E-state index in [1.54, 1.807) is 0 Å². The Morgan fingerprint density at radius 2 is 0.656 bits per heavy atom. The summed E-state index contributed by atoms with van der Waals surface area (Å²) in [4.78, 5) is 0. The number of rotatable bonds is 14. The zero-order valence-electron chi connectivity index (χ0n) is 22.4. The Kier molecular flexibility index (Phi) is 22.9. The van der Waals surface area contributed by atoms with E-state index < -0.39 is 0 Å². The highest BCUT2D eigenvalue weighted by molar-refractivity contribution is 5.06. The molecule has 0 radical (unpaired) electrons. The summed E-state index contributed by atoms with van der Waals surface area (Å²) in [5, 5.41) is 17.4. The molecule has 0 saturated heterocycles. The molecule has 184 valence electrons. The van der Waals surface area contributed by atoms with Gasteiger partial charge in [-0.3, -0.25) is 0 Å². The minimum absolute atomic E-state index is 0.162. The van der Waals surface area contributed by atoms with Crippen molar-refractivity contribution < 1.29 is 10.2 Å². The molecule has 32 heavy (non-hydrogen) atoms. The number of allylic oxidation sites excluding steroid dienone is 10. The first-order chi connectivity index (χ1) is 15.1. The van der Waals surface area contributed by atoms with Crippen molar-refractivity contribution in [2.75, 3.05) is 13.2 Å². The van der Waals surface area contributed by atoms with Gasteiger partial charge < -0.3 is 10.2 Å². The lowest BCUT2D eigenvalue weighted by atomic mass is 10.1. The zero-order valence-corrected chi connectivity index (χ0v) is 22.4. The van der Waals surface area contributed by atoms with Crippen LogP contribution in [-0.2, 0) is 0 Å². The van der Waals surface area contributed by atoms with Crippen molar-refractivity contribution in [3.05, 3.63) is 69.9 Å². The Labute approximate surface area is 200 Å². The van der Waals surface area contributed by atoms with Gasteiger partial charge in [0.05, 0.1) is 13.2 Å². The summed E-state index contributed by atoms with van der Waals surface area (Å²) in [6.45, 7) is 17.4. The van der Waals surface area contributed by atoms with Gasteiger partial charge in [0.15, 0.2) is 0 Å². The zero-order chi connectivity index (χ0) is 24.8. The van der Waals surface area contributed by atoms with E-state index in [-0.39, 0.29) is 13.2 Å². The molecule has 2 nitrogen and oxygen atoms in total. The molecular formula is C30H52O2. The van der Waals surface area contributed by atoms with Crippen molar-refractivity contribution in [1.29, 1.82) is 0 Å². The fourth-order valence-corrected chi connectivity index (χ4v) is 2.99. The molecule has 2 heteroatoms. The van der Waals surface area contributed by atoms with Crippen LogP contribution in [0, 0.1) is 0 Å². The van der Waals surface area contributed by atoms with Gasteiger partial charge >= 0.3 is 0 Å². The van der Waals surface area contributed by atoms with Crippen LogP contribution in [0.1, 0.15) is 107 Å². The monoisotopic (exact) mass is 444 g/mol. The standard InChI is InChI=1S/2C15H26O/c2*1-13(2)7-5-8-14(3)9-6-10-15(4)11-12-16/h2*7,9,11,16H,5-6,8,10,12H2,1-4H3/b14-9+,15-11+;. The van der Waals surface area contributed by atoms with Gasteiger partial charge in [-0.25, -0.2) is 0 Å². The summed E-state index contributed by atoms with van der Waals surface area (Å²) in [7, 11) is 0. The molecule has 0 rings (SSSR count). The molecule has 0 saturated carbocycles. The first-order valence-electron chi connectivity index (χ1n) is 12.2. The van der Waals surface area contributed by atoms with Crippen LogP contribution in [0.25, 0.3) is 0 Å². The van der Waals surface area contributed by atoms with Crippen LogP contribution in [0.3, 0.4) is 0 Å². The molecule has 0 aromatic heterocycles. The summed E-state index contributed by atoms with van der Waals surface area (Å²) < 4.78 is 0. The van der Waals surface area contributed by atoms with Crippen molar-refractivity contribution in [3.63, 3.8) is 0 Å². The average Bonchev–Trinajstić information content (AvgIpc) is 2.68. The molecule has 0 unspecified atom stereocenters. The molecule has 0 atom stereocenters. The van der Waals surface area contributed by atoms with Crippen LogP contribution < -0.4 is 0 Å². The van der Waals surface area contributed by atoms with E-state index >= 15 is 0 Å². The van der Waals surface area contributed by atoms with E-state index in [2.05, 4.69) is 79.7 Å². The Morgan fingerprint density at radius 3 is 0.906 bits per heavy atom. The Hall–Kier alpha value is -1.64. The molecule has 0 aliphatic rings. The van der Waals surface area contributed by atoms with E-state index in [9.17, 15) is 0 Å². The van der Waals surface area contributed by atoms with Crippen molar-refractivity contribution in [3.8, 4) is 0 Å². The van der Waals surface area contributed by atoms with Gasteiger partial charge in [-0.05, 0) is 107 Å². The molecule has 0 heterocycles. The Morgan fingerprint density at radius 1 is 0.406 bits per heavy atom. The van der Waals surface area contributed by atoms with Gasteiger partial charge in [-0.15, -0.1) is 0 Å². The smallest absolute Gasteiger partial charge is 0.0614 e. The van der Waals surface area contributed by atoms with E-state index in [0.29, 0.717) is 0 Å². The van der Waals surface area contributed by atoms with E-state index in [1.807, 2.05) is 12.2 Å². The van der Waals surface area contributed by atoms with Gasteiger partial charge in [0.2, 0.25) is 0 Å². The fraction of sp³-hybridized carbons (Fsp3) is 0.600. The van der Waals surface area contributed by atoms with Crippen LogP contribution in [0.4, 0.5) is 0 Å². The fourth-order valence-electron chi connectivity index (χ4n) is 2.99. The number of hydrogen-bond acceptors (Lipinski definition) is 2. The van der Waals surface area contributed by atoms with Crippen molar-refractivity contribution in [2.45, 2.75) is 107 Å². The first kappa shape index (κ1) is 32.5. The molecule has 0 bridgehead atoms. The minimum Gasteiger partial charge on any atom is -0.392 e. The predicted octanol–water partition coefficient (Wildman–Crippen LogP) is 8.80. The SMILES string of the molecule is CC(C)=CCC/C(C)=C/CC/C(C)=C/CO.CC(C)=CCCC(C)=CCCC(C)=CCO. The van der Waals surface area contributed by atoms with Crippen molar-refractivity contribution in [2.24, 2.45) is 0 Å². The lowest BCUT2D eigenvalue weighted by molar-refractivity contribution is 0.341. The summed E-state index contributed by atoms with van der Waals surface area (Å²) >= 11 is 0. The molecule has 0 aromatic rings. The molecule has 0 spiro atoms. The van der Waals surface area contributed by atoms with Crippen LogP contribution in [0.2, 0.25) is 0 Å². The maximum Gasteiger partial charge on any atom is 0.0614 e. The molecule has 0 fully saturated rings. The molecule has 0 aliphatic carbocycles. The second kappa shape index (κ2) is 22.6. The van der Waals surface area contributed by atoms with Crippen LogP contribution in [-0.4, -0.2) is 23.4 Å². The maximum absolute atomic E-state index is 8.72. The van der Waals surface area contributed by atoms with Crippen molar-refractivity contribution in [1.82, 2.24) is 0 Å². The lowest BCUT2D eigenvalue weighted by Gasteiger charge is -2.00.